The van der Waals surface area contributed by atoms with Crippen molar-refractivity contribution in [2.24, 2.45) is 18.5 Å². The quantitative estimate of drug-likeness (QED) is 0.731. The van der Waals surface area contributed by atoms with E-state index >= 15 is 0 Å². The summed E-state index contributed by atoms with van der Waals surface area (Å²) in [6.45, 7) is 1.31. The van der Waals surface area contributed by atoms with Gasteiger partial charge in [0.15, 0.2) is 5.41 Å². The summed E-state index contributed by atoms with van der Waals surface area (Å²) in [5, 5.41) is 9.90. The van der Waals surface area contributed by atoms with E-state index in [2.05, 4.69) is 0 Å². The number of nitrogens with zero attached hydrogens (tertiary/aromatic N) is 3. The zero-order chi connectivity index (χ0) is 21.1. The van der Waals surface area contributed by atoms with Crippen molar-refractivity contribution in [1.82, 2.24) is 4.57 Å². The third-order valence-corrected chi connectivity index (χ3v) is 5.44. The number of aryl methyl sites for hydroxylation is 1. The molecule has 4 rings (SSSR count). The van der Waals surface area contributed by atoms with E-state index in [0.29, 0.717) is 16.9 Å². The summed E-state index contributed by atoms with van der Waals surface area (Å²) in [5.74, 6) is -1.55. The lowest BCUT2D eigenvalue weighted by Crippen LogP contribution is -2.51. The van der Waals surface area contributed by atoms with Crippen LogP contribution in [0.3, 0.4) is 0 Å². The first-order valence-corrected chi connectivity index (χ1v) is 8.74. The van der Waals surface area contributed by atoms with Crippen LogP contribution >= 0.6 is 0 Å². The van der Waals surface area contributed by atoms with Crippen LogP contribution in [0, 0.1) is 18.3 Å². The molecule has 29 heavy (non-hydrogen) atoms. The smallest absolute Gasteiger partial charge is 0.259 e. The molecule has 0 aliphatic carbocycles. The van der Waals surface area contributed by atoms with Gasteiger partial charge in [-0.25, -0.2) is 0 Å². The molecular weight excluding hydrogens is 374 g/mol. The van der Waals surface area contributed by atoms with E-state index in [9.17, 15) is 19.6 Å². The molecule has 0 saturated carbocycles. The van der Waals surface area contributed by atoms with E-state index in [4.69, 9.17) is 16.2 Å². The molecule has 1 aromatic heterocycles. The van der Waals surface area contributed by atoms with Gasteiger partial charge in [0.2, 0.25) is 17.7 Å². The number of hydrogen-bond acceptors (Lipinski definition) is 6. The monoisotopic (exact) mass is 391 g/mol. The number of hydrogen-bond donors (Lipinski definition) is 2. The number of anilines is 1. The summed E-state index contributed by atoms with van der Waals surface area (Å²) >= 11 is 0. The fourth-order valence-electron chi connectivity index (χ4n) is 4.09. The summed E-state index contributed by atoms with van der Waals surface area (Å²) in [6, 6.07) is 10.2. The number of rotatable bonds is 2. The number of nitrogens with two attached hydrogens (primary N) is 2. The number of nitriles is 1. The summed E-state index contributed by atoms with van der Waals surface area (Å²) in [6.07, 6.45) is 0. The standard InChI is InChI=1S/C20H17N5O4/c1-10-7-14-16(18(27)24(10)2)20(12(8-21)17(23)29-14)11-5-3-4-6-13(11)25(19(20)28)9-15(22)26/h3-7H,9,23H2,1-2H3,(H2,22,26)/t20-/m0/s1. The molecular formula is C20H17N5O4. The van der Waals surface area contributed by atoms with Crippen molar-refractivity contribution < 1.29 is 14.3 Å². The molecule has 9 nitrogen and oxygen atoms in total. The Morgan fingerprint density at radius 3 is 2.66 bits per heavy atom. The molecule has 1 spiro atoms. The fourth-order valence-corrected chi connectivity index (χ4v) is 4.09. The van der Waals surface area contributed by atoms with Crippen molar-refractivity contribution in [3.63, 3.8) is 0 Å². The minimum absolute atomic E-state index is 0.0132. The number of aromatic nitrogens is 1. The zero-order valence-corrected chi connectivity index (χ0v) is 15.7. The Hall–Kier alpha value is -4.06. The number of ether oxygens (including phenoxy) is 1. The van der Waals surface area contributed by atoms with Gasteiger partial charge in [-0.1, -0.05) is 18.2 Å². The maximum Gasteiger partial charge on any atom is 0.259 e. The molecule has 9 heteroatoms. The van der Waals surface area contributed by atoms with Crippen LogP contribution in [0.5, 0.6) is 5.75 Å². The number of amides is 2. The minimum atomic E-state index is -1.82. The molecule has 3 heterocycles. The topological polar surface area (TPSA) is 144 Å². The molecule has 0 bridgehead atoms. The lowest BCUT2D eigenvalue weighted by atomic mass is 9.69. The molecule has 1 atom stereocenters. The highest BCUT2D eigenvalue weighted by Crippen LogP contribution is 2.53. The number of benzene rings is 1. The summed E-state index contributed by atoms with van der Waals surface area (Å²) in [5.41, 5.74) is 10.2. The Morgan fingerprint density at radius 2 is 2.00 bits per heavy atom. The van der Waals surface area contributed by atoms with Gasteiger partial charge in [-0.05, 0) is 13.0 Å². The molecule has 146 valence electrons. The molecule has 1 aromatic carbocycles. The van der Waals surface area contributed by atoms with Gasteiger partial charge in [0.25, 0.3) is 5.56 Å². The molecule has 0 radical (unpaired) electrons. The highest BCUT2D eigenvalue weighted by atomic mass is 16.5. The number of carbonyl (C=O) groups excluding carboxylic acids is 2. The summed E-state index contributed by atoms with van der Waals surface area (Å²) < 4.78 is 6.95. The summed E-state index contributed by atoms with van der Waals surface area (Å²) in [4.78, 5) is 39.9. The van der Waals surface area contributed by atoms with Gasteiger partial charge in [0.05, 0.1) is 5.56 Å². The largest absolute Gasteiger partial charge is 0.440 e. The molecule has 2 amide bonds. The summed E-state index contributed by atoms with van der Waals surface area (Å²) in [7, 11) is 1.56. The van der Waals surface area contributed by atoms with Gasteiger partial charge in [0, 0.05) is 30.1 Å². The SMILES string of the molecule is Cc1cc2c(c(=O)n1C)[C@@]1(C(=O)N(CC(N)=O)c3ccccc31)C(C#N)=C(N)O2. The lowest BCUT2D eigenvalue weighted by Gasteiger charge is -2.34. The Labute approximate surface area is 165 Å². The molecule has 2 aliphatic heterocycles. The predicted octanol–water partition coefficient (Wildman–Crippen LogP) is -0.102. The van der Waals surface area contributed by atoms with E-state index in [1.807, 2.05) is 6.07 Å². The normalized spacial score (nSPS) is 19.6. The predicted molar refractivity (Wildman–Crippen MR) is 103 cm³/mol. The molecule has 2 aliphatic rings. The van der Waals surface area contributed by atoms with Gasteiger partial charge >= 0.3 is 0 Å². The van der Waals surface area contributed by atoms with Crippen LogP contribution in [0.25, 0.3) is 0 Å². The molecule has 0 fully saturated rings. The molecule has 0 unspecified atom stereocenters. The second-order valence-electron chi connectivity index (χ2n) is 6.97. The maximum atomic E-state index is 13.8. The van der Waals surface area contributed by atoms with Crippen LogP contribution in [0.1, 0.15) is 16.8 Å². The van der Waals surface area contributed by atoms with Crippen molar-refractivity contribution in [1.29, 1.82) is 5.26 Å². The molecule has 4 N–H and O–H groups in total. The molecule has 0 saturated heterocycles. The Morgan fingerprint density at radius 1 is 1.31 bits per heavy atom. The van der Waals surface area contributed by atoms with Crippen LogP contribution in [0.2, 0.25) is 0 Å². The Balaban J connectivity index is 2.19. The average Bonchev–Trinajstić information content (AvgIpc) is 2.90. The van der Waals surface area contributed by atoms with Crippen LogP contribution in [0.15, 0.2) is 46.6 Å². The Kier molecular flexibility index (Phi) is 3.77. The Bertz CT molecular complexity index is 1240. The first kappa shape index (κ1) is 18.3. The number of carbonyl (C=O) groups is 2. The highest BCUT2D eigenvalue weighted by Gasteiger charge is 2.60. The number of pyridine rings is 1. The van der Waals surface area contributed by atoms with Gasteiger partial charge in [0.1, 0.15) is 23.9 Å². The first-order chi connectivity index (χ1) is 13.7. The van der Waals surface area contributed by atoms with Crippen molar-refractivity contribution in [2.75, 3.05) is 11.4 Å². The van der Waals surface area contributed by atoms with E-state index in [1.54, 1.807) is 44.3 Å². The van der Waals surface area contributed by atoms with E-state index in [-0.39, 0.29) is 22.8 Å². The number of fused-ring (bicyclic) bond motifs is 4. The van der Waals surface area contributed by atoms with Gasteiger partial charge in [-0.3, -0.25) is 14.4 Å². The van der Waals surface area contributed by atoms with Crippen LogP contribution in [-0.4, -0.2) is 22.9 Å². The third-order valence-electron chi connectivity index (χ3n) is 5.44. The molecule has 2 aromatic rings. The number of primary amides is 1. The van der Waals surface area contributed by atoms with E-state index < -0.39 is 29.3 Å². The third kappa shape index (κ3) is 2.17. The van der Waals surface area contributed by atoms with Crippen LogP contribution < -0.4 is 26.7 Å². The van der Waals surface area contributed by atoms with Gasteiger partial charge in [-0.15, -0.1) is 0 Å². The second kappa shape index (κ2) is 5.97. The van der Waals surface area contributed by atoms with Gasteiger partial charge in [-0.2, -0.15) is 5.26 Å². The fraction of sp³-hybridized carbons (Fsp3) is 0.200. The maximum absolute atomic E-state index is 13.8. The second-order valence-corrected chi connectivity index (χ2v) is 6.97. The minimum Gasteiger partial charge on any atom is -0.440 e. The van der Waals surface area contributed by atoms with E-state index in [0.717, 1.165) is 0 Å². The van der Waals surface area contributed by atoms with Crippen LogP contribution in [-0.2, 0) is 22.1 Å². The average molecular weight is 391 g/mol. The zero-order valence-electron chi connectivity index (χ0n) is 15.7. The van der Waals surface area contributed by atoms with Crippen molar-refractivity contribution >= 4 is 17.5 Å². The van der Waals surface area contributed by atoms with Crippen LogP contribution in [0.4, 0.5) is 5.69 Å². The van der Waals surface area contributed by atoms with Crippen molar-refractivity contribution in [3.05, 3.63) is 69.0 Å². The van der Waals surface area contributed by atoms with Crippen molar-refractivity contribution in [3.8, 4) is 11.8 Å². The highest BCUT2D eigenvalue weighted by molar-refractivity contribution is 6.15. The van der Waals surface area contributed by atoms with E-state index in [1.165, 1.54) is 9.47 Å². The first-order valence-electron chi connectivity index (χ1n) is 8.74. The van der Waals surface area contributed by atoms with Crippen molar-refractivity contribution in [2.45, 2.75) is 12.3 Å². The van der Waals surface area contributed by atoms with Gasteiger partial charge < -0.3 is 25.7 Å². The lowest BCUT2D eigenvalue weighted by molar-refractivity contribution is -0.123. The number of para-hydroxylation sites is 1.